The molecule has 9 heteroatoms. The smallest absolute Gasteiger partial charge is 0.339 e. The number of carboxylic acid groups (broad SMARTS) is 3. The van der Waals surface area contributed by atoms with Gasteiger partial charge in [0.25, 0.3) is 0 Å². The van der Waals surface area contributed by atoms with E-state index in [-0.39, 0.29) is 23.1 Å². The zero-order chi connectivity index (χ0) is 11.5. The number of aliphatic carboxylic acids is 3. The Morgan fingerprint density at radius 3 is 1.73 bits per heavy atom. The first-order valence-electron chi connectivity index (χ1n) is 3.30. The fourth-order valence-electron chi connectivity index (χ4n) is 0.724. The van der Waals surface area contributed by atoms with Crippen molar-refractivity contribution in [2.24, 2.45) is 0 Å². The van der Waals surface area contributed by atoms with E-state index >= 15 is 0 Å². The van der Waals surface area contributed by atoms with Crippen LogP contribution in [0.25, 0.3) is 0 Å². The summed E-state index contributed by atoms with van der Waals surface area (Å²) in [6.45, 7) is 0. The lowest BCUT2D eigenvalue weighted by Crippen LogP contribution is -2.54. The Balaban J connectivity index is 0. The molecular weight excluding hydrogens is 224 g/mol. The van der Waals surface area contributed by atoms with E-state index in [2.05, 4.69) is 0 Å². The number of hydrogen-bond acceptors (Lipinski definition) is 5. The van der Waals surface area contributed by atoms with Crippen LogP contribution in [0.2, 0.25) is 0 Å². The third-order valence-corrected chi connectivity index (χ3v) is 1.48. The van der Waals surface area contributed by atoms with Gasteiger partial charge >= 0.3 is 41.0 Å². The summed E-state index contributed by atoms with van der Waals surface area (Å²) < 4.78 is 0. The second kappa shape index (κ2) is 5.85. The lowest BCUT2D eigenvalue weighted by atomic mass is 9.93. The number of aliphatic hydroxyl groups is 2. The van der Waals surface area contributed by atoms with Gasteiger partial charge in [-0.15, -0.1) is 0 Å². The maximum absolute atomic E-state index is 10.4. The molecule has 15 heavy (non-hydrogen) atoms. The molecule has 0 rings (SSSR count). The van der Waals surface area contributed by atoms with Crippen molar-refractivity contribution in [2.75, 3.05) is 0 Å². The van der Waals surface area contributed by atoms with Crippen molar-refractivity contribution in [3.05, 3.63) is 0 Å². The Morgan fingerprint density at radius 2 is 1.53 bits per heavy atom. The minimum atomic E-state index is -3.22. The molecule has 0 aliphatic heterocycles. The van der Waals surface area contributed by atoms with E-state index in [4.69, 9.17) is 25.5 Å². The van der Waals surface area contributed by atoms with Gasteiger partial charge in [0.05, 0.1) is 6.42 Å². The molecule has 0 aliphatic carbocycles. The van der Waals surface area contributed by atoms with Crippen molar-refractivity contribution in [3.8, 4) is 0 Å². The number of aliphatic hydroxyl groups excluding tert-OH is 1. The van der Waals surface area contributed by atoms with Crippen LogP contribution >= 0.6 is 0 Å². The van der Waals surface area contributed by atoms with Crippen molar-refractivity contribution in [2.45, 2.75) is 18.1 Å². The quantitative estimate of drug-likeness (QED) is 0.312. The normalized spacial score (nSPS) is 15.6. The molecule has 84 valence electrons. The highest BCUT2D eigenvalue weighted by atomic mass is 24.3. The van der Waals surface area contributed by atoms with Crippen LogP contribution in [-0.2, 0) is 14.4 Å². The summed E-state index contributed by atoms with van der Waals surface area (Å²) in [7, 11) is 0. The van der Waals surface area contributed by atoms with E-state index in [0.29, 0.717) is 0 Å². The van der Waals surface area contributed by atoms with Gasteiger partial charge in [-0.3, -0.25) is 4.79 Å². The molecule has 2 unspecified atom stereocenters. The molecule has 2 atom stereocenters. The van der Waals surface area contributed by atoms with Crippen LogP contribution < -0.4 is 0 Å². The second-order valence-corrected chi connectivity index (χ2v) is 2.54. The molecule has 0 aromatic heterocycles. The third-order valence-electron chi connectivity index (χ3n) is 1.48. The van der Waals surface area contributed by atoms with Crippen LogP contribution in [0, 0.1) is 0 Å². The molecule has 0 amide bonds. The van der Waals surface area contributed by atoms with Crippen molar-refractivity contribution in [1.29, 1.82) is 0 Å². The standard InChI is InChI=1S/C6H8O8.Mg.2H/c7-2(8)1-6(14,5(12)13)3(9)4(10)11;;;/h3,9,14H,1H2,(H,7,8)(H,10,11)(H,12,13);;;. The fraction of sp³-hybridized carbons (Fsp3) is 0.500. The van der Waals surface area contributed by atoms with E-state index in [1.807, 2.05) is 0 Å². The number of rotatable bonds is 5. The van der Waals surface area contributed by atoms with Gasteiger partial charge in [0.1, 0.15) is 0 Å². The Morgan fingerprint density at radius 1 is 1.13 bits per heavy atom. The molecule has 0 aliphatic rings. The molecule has 0 heterocycles. The molecule has 0 radical (unpaired) electrons. The van der Waals surface area contributed by atoms with Gasteiger partial charge in [0.15, 0.2) is 6.10 Å². The first-order valence-corrected chi connectivity index (χ1v) is 3.30. The predicted molar refractivity (Wildman–Crippen MR) is 47.0 cm³/mol. The van der Waals surface area contributed by atoms with Crippen LogP contribution in [0.1, 0.15) is 6.42 Å². The first-order chi connectivity index (χ1) is 6.21. The van der Waals surface area contributed by atoms with Gasteiger partial charge < -0.3 is 25.5 Å². The minimum Gasteiger partial charge on any atom is -0.481 e. The van der Waals surface area contributed by atoms with Gasteiger partial charge in [-0.05, 0) is 0 Å². The van der Waals surface area contributed by atoms with E-state index in [1.165, 1.54) is 0 Å². The Hall–Kier alpha value is -0.904. The molecule has 0 saturated carbocycles. The highest BCUT2D eigenvalue weighted by Gasteiger charge is 2.49. The highest BCUT2D eigenvalue weighted by molar-refractivity contribution is 5.90. The van der Waals surface area contributed by atoms with Crippen LogP contribution in [0.4, 0.5) is 0 Å². The van der Waals surface area contributed by atoms with E-state index in [9.17, 15) is 14.4 Å². The number of carbonyl (C=O) groups is 3. The molecule has 0 saturated heterocycles. The molecule has 0 bridgehead atoms. The first kappa shape index (κ1) is 16.5. The van der Waals surface area contributed by atoms with Crippen LogP contribution in [-0.4, -0.2) is 78.2 Å². The average Bonchev–Trinajstić information content (AvgIpc) is 2.00. The molecule has 0 spiro atoms. The zero-order valence-corrected chi connectivity index (χ0v) is 6.75. The Bertz CT molecular complexity index is 276. The van der Waals surface area contributed by atoms with Crippen LogP contribution in [0.3, 0.4) is 0 Å². The SMILES string of the molecule is O=C(O)CC(O)(C(=O)O)C(O)C(=O)O.[MgH2]. The lowest BCUT2D eigenvalue weighted by Gasteiger charge is -2.23. The Kier molecular flexibility index (Phi) is 6.45. The van der Waals surface area contributed by atoms with Crippen LogP contribution in [0.5, 0.6) is 0 Å². The van der Waals surface area contributed by atoms with Crippen molar-refractivity contribution in [1.82, 2.24) is 0 Å². The topological polar surface area (TPSA) is 152 Å². The summed E-state index contributed by atoms with van der Waals surface area (Å²) in [6.07, 6.45) is -4.11. The Labute approximate surface area is 99.3 Å². The summed E-state index contributed by atoms with van der Waals surface area (Å²) in [5.74, 6) is -5.87. The number of carboxylic acids is 3. The number of hydrogen-bond donors (Lipinski definition) is 5. The largest absolute Gasteiger partial charge is 0.481 e. The molecule has 0 aromatic rings. The molecule has 0 aromatic carbocycles. The predicted octanol–water partition coefficient (Wildman–Crippen LogP) is -3.19. The highest BCUT2D eigenvalue weighted by Crippen LogP contribution is 2.16. The second-order valence-electron chi connectivity index (χ2n) is 2.54. The summed E-state index contributed by atoms with van der Waals surface area (Å²) in [6, 6.07) is 0. The van der Waals surface area contributed by atoms with Crippen LogP contribution in [0.15, 0.2) is 0 Å². The van der Waals surface area contributed by atoms with Gasteiger partial charge in [0, 0.05) is 0 Å². The fourth-order valence-corrected chi connectivity index (χ4v) is 0.724. The summed E-state index contributed by atoms with van der Waals surface area (Å²) in [5.41, 5.74) is -3.22. The summed E-state index contributed by atoms with van der Waals surface area (Å²) >= 11 is 0. The zero-order valence-electron chi connectivity index (χ0n) is 6.75. The van der Waals surface area contributed by atoms with E-state index in [1.54, 1.807) is 0 Å². The van der Waals surface area contributed by atoms with Crippen molar-refractivity contribution in [3.63, 3.8) is 0 Å². The molecule has 8 nitrogen and oxygen atoms in total. The molecular formula is C6H10MgO8. The maximum atomic E-state index is 10.4. The van der Waals surface area contributed by atoms with Crippen molar-refractivity contribution < 1.29 is 39.9 Å². The van der Waals surface area contributed by atoms with E-state index < -0.39 is 36.0 Å². The van der Waals surface area contributed by atoms with Gasteiger partial charge in [0.2, 0.25) is 5.60 Å². The third kappa shape index (κ3) is 3.99. The average molecular weight is 234 g/mol. The van der Waals surface area contributed by atoms with Crippen molar-refractivity contribution >= 4 is 41.0 Å². The minimum absolute atomic E-state index is 0. The molecule has 0 fully saturated rings. The van der Waals surface area contributed by atoms with Gasteiger partial charge in [-0.1, -0.05) is 0 Å². The maximum Gasteiger partial charge on any atom is 0.339 e. The lowest BCUT2D eigenvalue weighted by molar-refractivity contribution is -0.187. The monoisotopic (exact) mass is 234 g/mol. The van der Waals surface area contributed by atoms with E-state index in [0.717, 1.165) is 0 Å². The summed E-state index contributed by atoms with van der Waals surface area (Å²) in [5, 5.41) is 42.6. The van der Waals surface area contributed by atoms with Gasteiger partial charge in [-0.2, -0.15) is 0 Å². The summed E-state index contributed by atoms with van der Waals surface area (Å²) in [4.78, 5) is 30.7. The molecule has 5 N–H and O–H groups in total. The van der Waals surface area contributed by atoms with Gasteiger partial charge in [-0.25, -0.2) is 9.59 Å².